The first-order valence-corrected chi connectivity index (χ1v) is 16.8. The second-order valence-electron chi connectivity index (χ2n) is 14.2. The minimum Gasteiger partial charge on any atom is -0.462 e. The van der Waals surface area contributed by atoms with Crippen molar-refractivity contribution in [3.63, 3.8) is 0 Å². The van der Waals surface area contributed by atoms with Gasteiger partial charge >= 0.3 is 11.9 Å². The molecule has 5 aliphatic rings. The van der Waals surface area contributed by atoms with Crippen LogP contribution in [0.25, 0.3) is 0 Å². The molecule has 2 N–H and O–H groups in total. The molecule has 250 valence electrons. The highest BCUT2D eigenvalue weighted by atomic mass is 16.7. The van der Waals surface area contributed by atoms with Gasteiger partial charge in [-0.1, -0.05) is 64.5 Å². The average molecular weight is 629 g/mol. The Hall–Kier alpha value is -2.30. The smallest absolute Gasteiger partial charge is 0.316 e. The summed E-state index contributed by atoms with van der Waals surface area (Å²) in [4.78, 5) is 26.2. The zero-order chi connectivity index (χ0) is 32.7. The van der Waals surface area contributed by atoms with Crippen LogP contribution in [-0.2, 0) is 33.3 Å². The SMILES string of the molecule is CC[C@H](C)[C@H]1O[C@]2(CC[C@@H]1C)C[C@@H]1C[C@@H](C/C=C(\C)[C@@H](O)[C@@H](C)/C=C/C=C3\CO[C@@H]4[C@H](OC(C)=O)C(C)=C[C@@H](C(=O)O1)[C@]34O)O2. The summed E-state index contributed by atoms with van der Waals surface area (Å²) < 4.78 is 31.5. The van der Waals surface area contributed by atoms with Crippen molar-refractivity contribution in [3.8, 4) is 0 Å². The van der Waals surface area contributed by atoms with Crippen molar-refractivity contribution in [3.05, 3.63) is 47.1 Å². The lowest BCUT2D eigenvalue weighted by atomic mass is 9.70. The van der Waals surface area contributed by atoms with Crippen molar-refractivity contribution in [1.29, 1.82) is 0 Å². The number of esters is 2. The van der Waals surface area contributed by atoms with Gasteiger partial charge in [-0.05, 0) is 55.2 Å². The average Bonchev–Trinajstić information content (AvgIpc) is 3.33. The van der Waals surface area contributed by atoms with E-state index in [0.717, 1.165) is 18.4 Å². The van der Waals surface area contributed by atoms with Gasteiger partial charge in [0.15, 0.2) is 11.9 Å². The van der Waals surface area contributed by atoms with Crippen molar-refractivity contribution in [2.24, 2.45) is 23.7 Å². The Kier molecular flexibility index (Phi) is 10.2. The molecule has 2 bridgehead atoms. The van der Waals surface area contributed by atoms with Crippen molar-refractivity contribution >= 4 is 11.9 Å². The Morgan fingerprint density at radius 2 is 1.93 bits per heavy atom. The van der Waals surface area contributed by atoms with E-state index in [4.69, 9.17) is 23.7 Å². The van der Waals surface area contributed by atoms with Gasteiger partial charge in [0.1, 0.15) is 23.7 Å². The molecular formula is C36H52O9. The monoisotopic (exact) mass is 628 g/mol. The maximum absolute atomic E-state index is 14.2. The fourth-order valence-corrected chi connectivity index (χ4v) is 7.87. The van der Waals surface area contributed by atoms with Crippen LogP contribution in [0.2, 0.25) is 0 Å². The van der Waals surface area contributed by atoms with Gasteiger partial charge in [-0.3, -0.25) is 9.59 Å². The number of ether oxygens (including phenoxy) is 5. The van der Waals surface area contributed by atoms with Gasteiger partial charge < -0.3 is 33.9 Å². The molecule has 3 fully saturated rings. The van der Waals surface area contributed by atoms with Gasteiger partial charge in [-0.2, -0.15) is 0 Å². The minimum atomic E-state index is -1.80. The lowest BCUT2D eigenvalue weighted by Crippen LogP contribution is -2.59. The lowest BCUT2D eigenvalue weighted by molar-refractivity contribution is -0.340. The highest BCUT2D eigenvalue weighted by Gasteiger charge is 2.61. The maximum Gasteiger partial charge on any atom is 0.316 e. The van der Waals surface area contributed by atoms with Crippen LogP contribution >= 0.6 is 0 Å². The third-order valence-electron chi connectivity index (χ3n) is 10.7. The second kappa shape index (κ2) is 13.4. The summed E-state index contributed by atoms with van der Waals surface area (Å²) in [6, 6.07) is 0. The number of carbonyl (C=O) groups excluding carboxylic acids is 2. The molecule has 1 aliphatic carbocycles. The third kappa shape index (κ3) is 6.75. The highest BCUT2D eigenvalue weighted by molar-refractivity contribution is 5.79. The Morgan fingerprint density at radius 1 is 1.18 bits per heavy atom. The predicted octanol–water partition coefficient (Wildman–Crippen LogP) is 5.10. The first kappa shape index (κ1) is 34.0. The van der Waals surface area contributed by atoms with Crippen LogP contribution in [0.3, 0.4) is 0 Å². The van der Waals surface area contributed by atoms with Crippen LogP contribution in [0.5, 0.6) is 0 Å². The number of rotatable bonds is 3. The van der Waals surface area contributed by atoms with E-state index in [1.165, 1.54) is 6.92 Å². The summed E-state index contributed by atoms with van der Waals surface area (Å²) in [5, 5.41) is 23.5. The van der Waals surface area contributed by atoms with Gasteiger partial charge in [-0.15, -0.1) is 0 Å². The fraction of sp³-hybridized carbons (Fsp3) is 0.722. The number of hydrogen-bond donors (Lipinski definition) is 2. The number of fused-ring (bicyclic) bond motifs is 2. The summed E-state index contributed by atoms with van der Waals surface area (Å²) in [6.45, 7) is 13.6. The molecule has 0 amide bonds. The van der Waals surface area contributed by atoms with E-state index in [1.807, 2.05) is 26.0 Å². The van der Waals surface area contributed by atoms with Crippen LogP contribution in [0.1, 0.15) is 87.0 Å². The molecule has 45 heavy (non-hydrogen) atoms. The molecule has 0 aromatic carbocycles. The summed E-state index contributed by atoms with van der Waals surface area (Å²) in [7, 11) is 0. The van der Waals surface area contributed by atoms with E-state index in [9.17, 15) is 19.8 Å². The van der Waals surface area contributed by atoms with E-state index in [2.05, 4.69) is 20.8 Å². The van der Waals surface area contributed by atoms with Gasteiger partial charge in [-0.25, -0.2) is 0 Å². The molecule has 0 radical (unpaired) electrons. The van der Waals surface area contributed by atoms with Crippen LogP contribution < -0.4 is 0 Å². The molecule has 9 heteroatoms. The standard InChI is InChI=1S/C36H52O9/c1-8-20(2)31-23(5)14-15-35(45-31)18-28-17-27(44-35)13-12-22(4)30(38)21(3)10-9-11-26-19-41-33-32(42-25(7)37)24(6)16-29(34(39)43-28)36(26,33)40/h9-12,16,20-21,23,27-33,38,40H,8,13-15,17-19H2,1-7H3/b10-9+,22-12+,26-11+/t20-,21-,23-,27+,28-,29-,30-,31+,32+,33+,35+,36+/m0/s1. The minimum absolute atomic E-state index is 0.0235. The zero-order valence-electron chi connectivity index (χ0n) is 27.9. The second-order valence-corrected chi connectivity index (χ2v) is 14.2. The molecule has 0 aromatic heterocycles. The Balaban J connectivity index is 1.54. The number of carbonyl (C=O) groups is 2. The first-order valence-electron chi connectivity index (χ1n) is 16.8. The van der Waals surface area contributed by atoms with E-state index >= 15 is 0 Å². The molecule has 3 saturated heterocycles. The number of hydrogen-bond acceptors (Lipinski definition) is 9. The molecule has 1 spiro atoms. The van der Waals surface area contributed by atoms with Crippen molar-refractivity contribution in [2.45, 2.75) is 135 Å². The fourth-order valence-electron chi connectivity index (χ4n) is 7.87. The molecule has 9 nitrogen and oxygen atoms in total. The zero-order valence-corrected chi connectivity index (χ0v) is 27.9. The molecule has 0 aromatic rings. The number of aliphatic hydroxyl groups excluding tert-OH is 1. The van der Waals surface area contributed by atoms with Gasteiger partial charge in [0.05, 0.1) is 24.9 Å². The molecule has 4 heterocycles. The summed E-state index contributed by atoms with van der Waals surface area (Å²) in [5.74, 6) is -2.52. The van der Waals surface area contributed by atoms with Gasteiger partial charge in [0.25, 0.3) is 0 Å². The van der Waals surface area contributed by atoms with Crippen molar-refractivity contribution in [2.75, 3.05) is 6.61 Å². The van der Waals surface area contributed by atoms with E-state index in [-0.39, 0.29) is 24.7 Å². The van der Waals surface area contributed by atoms with Crippen LogP contribution in [0.15, 0.2) is 47.1 Å². The maximum atomic E-state index is 14.2. The number of aliphatic hydroxyl groups is 2. The van der Waals surface area contributed by atoms with E-state index < -0.39 is 53.7 Å². The van der Waals surface area contributed by atoms with Crippen LogP contribution in [-0.4, -0.2) is 76.8 Å². The highest BCUT2D eigenvalue weighted by Crippen LogP contribution is 2.48. The van der Waals surface area contributed by atoms with Crippen molar-refractivity contribution in [1.82, 2.24) is 0 Å². The first-order chi connectivity index (χ1) is 21.3. The Bertz CT molecular complexity index is 1250. The predicted molar refractivity (Wildman–Crippen MR) is 168 cm³/mol. The van der Waals surface area contributed by atoms with Gasteiger partial charge in [0, 0.05) is 32.1 Å². The summed E-state index contributed by atoms with van der Waals surface area (Å²) >= 11 is 0. The lowest BCUT2D eigenvalue weighted by Gasteiger charge is -2.51. The molecular weight excluding hydrogens is 576 g/mol. The number of allylic oxidation sites excluding steroid dienone is 2. The summed E-state index contributed by atoms with van der Waals surface area (Å²) in [5.41, 5.74) is 0.137. The van der Waals surface area contributed by atoms with Gasteiger partial charge in [0.2, 0.25) is 0 Å². The molecule has 5 rings (SSSR count). The van der Waals surface area contributed by atoms with E-state index in [0.29, 0.717) is 48.7 Å². The van der Waals surface area contributed by atoms with Crippen LogP contribution in [0, 0.1) is 23.7 Å². The summed E-state index contributed by atoms with van der Waals surface area (Å²) in [6.07, 6.45) is 9.75. The molecule has 12 atom stereocenters. The Labute approximate surface area is 267 Å². The third-order valence-corrected chi connectivity index (χ3v) is 10.7. The quantitative estimate of drug-likeness (QED) is 0.325. The van der Waals surface area contributed by atoms with Crippen molar-refractivity contribution < 1.29 is 43.5 Å². The van der Waals surface area contributed by atoms with Crippen LogP contribution in [0.4, 0.5) is 0 Å². The molecule has 0 unspecified atom stereocenters. The molecule has 4 aliphatic heterocycles. The Morgan fingerprint density at radius 3 is 2.64 bits per heavy atom. The normalized spacial score (nSPS) is 46.0. The topological polar surface area (TPSA) is 121 Å². The van der Waals surface area contributed by atoms with E-state index in [1.54, 1.807) is 25.2 Å². The largest absolute Gasteiger partial charge is 0.462 e. The molecule has 0 saturated carbocycles.